The Labute approximate surface area is 348 Å². The largest absolute Gasteiger partial charge is 0.465 e. The summed E-state index contributed by atoms with van der Waals surface area (Å²) in [5.74, 6) is -2.16. The Morgan fingerprint density at radius 2 is 1.72 bits per heavy atom. The molecule has 2 aromatic rings. The molecule has 2 aliphatic rings. The van der Waals surface area contributed by atoms with Crippen molar-refractivity contribution in [3.05, 3.63) is 52.5 Å². The molecule has 58 heavy (non-hydrogen) atoms. The molecule has 9 atom stereocenters. The number of carboxylic acid groups (broad SMARTS) is 1. The molecule has 5 amide bonds. The van der Waals surface area contributed by atoms with Gasteiger partial charge in [-0.25, -0.2) is 9.78 Å². The van der Waals surface area contributed by atoms with Crippen molar-refractivity contribution in [3.8, 4) is 0 Å². The summed E-state index contributed by atoms with van der Waals surface area (Å²) < 4.78 is 12.1. The summed E-state index contributed by atoms with van der Waals surface area (Å²) in [5, 5.41) is 18.7. The predicted molar refractivity (Wildman–Crippen MR) is 223 cm³/mol. The van der Waals surface area contributed by atoms with Crippen LogP contribution in [0.3, 0.4) is 0 Å². The molecular weight excluding hydrogens is 761 g/mol. The normalized spacial score (nSPS) is 22.0. The van der Waals surface area contributed by atoms with Crippen LogP contribution in [0.2, 0.25) is 0 Å². The average Bonchev–Trinajstić information content (AvgIpc) is 3.93. The Hall–Kier alpha value is -4.08. The maximum Gasteiger partial charge on any atom is 0.408 e. The Balaban J connectivity index is 1.49. The zero-order chi connectivity index (χ0) is 42.7. The number of carbonyl (C=O) groups is 5. The molecule has 322 valence electrons. The summed E-state index contributed by atoms with van der Waals surface area (Å²) in [5.41, 5.74) is -0.226. The van der Waals surface area contributed by atoms with Crippen molar-refractivity contribution in [1.82, 2.24) is 30.3 Å². The third kappa shape index (κ3) is 10.9. The maximum absolute atomic E-state index is 14.4. The number of benzene rings is 1. The summed E-state index contributed by atoms with van der Waals surface area (Å²) in [6.45, 7) is 11.9. The molecule has 1 aromatic heterocycles. The summed E-state index contributed by atoms with van der Waals surface area (Å²) in [4.78, 5) is 77.6. The van der Waals surface area contributed by atoms with Crippen LogP contribution in [0, 0.1) is 17.8 Å². The van der Waals surface area contributed by atoms with Gasteiger partial charge in [-0.1, -0.05) is 71.4 Å². The second-order valence-corrected chi connectivity index (χ2v) is 17.5. The molecule has 3 heterocycles. The SMILES string of the molecule is CC[C@H](C)[C@@H]([C@H](CC(=O)N1CCC[C@H]1[C@H](OC)[C@@H](C)C(=O)N[C@@H](Cc1ccccc1)c1nccs1)OC)N(C)C(=O)[C@@H](NC(=O)[C@@]1(C)CCCCN1C(=O)O)C(C)C. The third-order valence-electron chi connectivity index (χ3n) is 12.4. The quantitative estimate of drug-likeness (QED) is 0.165. The van der Waals surface area contributed by atoms with Gasteiger partial charge in [0.25, 0.3) is 0 Å². The fourth-order valence-electron chi connectivity index (χ4n) is 8.76. The Morgan fingerprint density at radius 1 is 1.02 bits per heavy atom. The number of likely N-dealkylation sites (N-methyl/N-ethyl adjacent to an activating group) is 1. The maximum atomic E-state index is 14.4. The molecule has 3 N–H and O–H groups in total. The van der Waals surface area contributed by atoms with Gasteiger partial charge in [-0.3, -0.25) is 24.1 Å². The van der Waals surface area contributed by atoms with E-state index in [1.807, 2.05) is 70.3 Å². The van der Waals surface area contributed by atoms with Gasteiger partial charge in [-0.05, 0) is 62.8 Å². The number of ether oxygens (including phenoxy) is 2. The van der Waals surface area contributed by atoms with Gasteiger partial charge in [0.1, 0.15) is 16.6 Å². The molecule has 0 saturated carbocycles. The van der Waals surface area contributed by atoms with E-state index >= 15 is 0 Å². The highest BCUT2D eigenvalue weighted by atomic mass is 32.1. The molecule has 2 fully saturated rings. The zero-order valence-corrected chi connectivity index (χ0v) is 36.6. The Bertz CT molecular complexity index is 1660. The first-order valence-electron chi connectivity index (χ1n) is 20.8. The van der Waals surface area contributed by atoms with Gasteiger partial charge < -0.3 is 35.0 Å². The number of nitrogens with zero attached hydrogens (tertiary/aromatic N) is 4. The van der Waals surface area contributed by atoms with Crippen LogP contribution < -0.4 is 10.6 Å². The topological polar surface area (TPSA) is 171 Å². The van der Waals surface area contributed by atoms with E-state index in [1.54, 1.807) is 37.1 Å². The molecular formula is C43H66N6O8S. The van der Waals surface area contributed by atoms with Crippen molar-refractivity contribution < 1.29 is 38.6 Å². The molecule has 2 aliphatic heterocycles. The number of rotatable bonds is 19. The number of piperidine rings is 1. The van der Waals surface area contributed by atoms with Crippen LogP contribution in [0.4, 0.5) is 4.79 Å². The monoisotopic (exact) mass is 826 g/mol. The van der Waals surface area contributed by atoms with Crippen LogP contribution in [-0.2, 0) is 35.1 Å². The van der Waals surface area contributed by atoms with Gasteiger partial charge >= 0.3 is 6.09 Å². The number of nitrogens with one attached hydrogen (secondary N) is 2. The summed E-state index contributed by atoms with van der Waals surface area (Å²) in [6.07, 6.45) is 3.71. The molecule has 1 aromatic carbocycles. The smallest absolute Gasteiger partial charge is 0.408 e. The van der Waals surface area contributed by atoms with Crippen molar-refractivity contribution >= 4 is 41.1 Å². The first-order valence-corrected chi connectivity index (χ1v) is 21.6. The van der Waals surface area contributed by atoms with E-state index in [1.165, 1.54) is 23.3 Å². The van der Waals surface area contributed by atoms with Crippen LogP contribution in [0.25, 0.3) is 0 Å². The lowest BCUT2D eigenvalue weighted by Crippen LogP contribution is -2.64. The second kappa shape index (κ2) is 21.3. The molecule has 0 bridgehead atoms. The lowest BCUT2D eigenvalue weighted by Gasteiger charge is -2.43. The highest BCUT2D eigenvalue weighted by Crippen LogP contribution is 2.32. The number of carbonyl (C=O) groups excluding carboxylic acids is 4. The summed E-state index contributed by atoms with van der Waals surface area (Å²) in [6, 6.07) is 7.81. The lowest BCUT2D eigenvalue weighted by atomic mass is 9.86. The molecule has 0 aliphatic carbocycles. The molecule has 15 heteroatoms. The number of aromatic nitrogens is 1. The zero-order valence-electron chi connectivity index (χ0n) is 35.8. The number of thiazole rings is 1. The van der Waals surface area contributed by atoms with Crippen LogP contribution >= 0.6 is 11.3 Å². The fourth-order valence-corrected chi connectivity index (χ4v) is 9.45. The molecule has 2 saturated heterocycles. The predicted octanol–water partition coefficient (Wildman–Crippen LogP) is 5.53. The fraction of sp³-hybridized carbons (Fsp3) is 0.674. The van der Waals surface area contributed by atoms with E-state index in [0.717, 1.165) is 17.0 Å². The van der Waals surface area contributed by atoms with Crippen molar-refractivity contribution in [2.45, 2.75) is 135 Å². The van der Waals surface area contributed by atoms with Crippen molar-refractivity contribution in [2.24, 2.45) is 17.8 Å². The van der Waals surface area contributed by atoms with Gasteiger partial charge in [-0.2, -0.15) is 0 Å². The number of methoxy groups -OCH3 is 2. The van der Waals surface area contributed by atoms with Gasteiger partial charge in [0.15, 0.2) is 0 Å². The first kappa shape index (κ1) is 46.6. The van der Waals surface area contributed by atoms with Crippen LogP contribution in [-0.4, -0.2) is 125 Å². The number of hydrogen-bond acceptors (Lipinski definition) is 9. The van der Waals surface area contributed by atoms with Gasteiger partial charge in [0.05, 0.1) is 42.7 Å². The Morgan fingerprint density at radius 3 is 2.31 bits per heavy atom. The molecule has 4 rings (SSSR count). The minimum absolute atomic E-state index is 0.00974. The molecule has 0 unspecified atom stereocenters. The average molecular weight is 827 g/mol. The van der Waals surface area contributed by atoms with Crippen LogP contribution in [0.1, 0.15) is 103 Å². The van der Waals surface area contributed by atoms with E-state index in [4.69, 9.17) is 9.47 Å². The third-order valence-corrected chi connectivity index (χ3v) is 13.3. The van der Waals surface area contributed by atoms with Crippen molar-refractivity contribution in [1.29, 1.82) is 0 Å². The first-order chi connectivity index (χ1) is 27.6. The van der Waals surface area contributed by atoms with E-state index in [9.17, 15) is 29.1 Å². The van der Waals surface area contributed by atoms with Crippen molar-refractivity contribution in [3.63, 3.8) is 0 Å². The minimum Gasteiger partial charge on any atom is -0.465 e. The van der Waals surface area contributed by atoms with Crippen LogP contribution in [0.5, 0.6) is 0 Å². The van der Waals surface area contributed by atoms with E-state index < -0.39 is 47.7 Å². The number of hydrogen-bond donors (Lipinski definition) is 3. The molecule has 0 spiro atoms. The van der Waals surface area contributed by atoms with E-state index in [0.29, 0.717) is 45.1 Å². The Kier molecular flexibility index (Phi) is 17.1. The highest BCUT2D eigenvalue weighted by molar-refractivity contribution is 7.09. The molecule has 0 radical (unpaired) electrons. The van der Waals surface area contributed by atoms with Crippen LogP contribution in [0.15, 0.2) is 41.9 Å². The second-order valence-electron chi connectivity index (χ2n) is 16.6. The van der Waals surface area contributed by atoms with Gasteiger partial charge in [0.2, 0.25) is 23.6 Å². The number of likely N-dealkylation sites (tertiary alicyclic amines) is 2. The van der Waals surface area contributed by atoms with E-state index in [2.05, 4.69) is 15.6 Å². The summed E-state index contributed by atoms with van der Waals surface area (Å²) >= 11 is 1.49. The lowest BCUT2D eigenvalue weighted by molar-refractivity contribution is -0.148. The van der Waals surface area contributed by atoms with Crippen molar-refractivity contribution in [2.75, 3.05) is 34.4 Å². The highest BCUT2D eigenvalue weighted by Gasteiger charge is 2.47. The summed E-state index contributed by atoms with van der Waals surface area (Å²) in [7, 11) is 4.80. The van der Waals surface area contributed by atoms with Gasteiger partial charge in [-0.15, -0.1) is 11.3 Å². The standard InChI is InChI=1S/C43H66N6O8S/c1-10-28(4)36(47(7)40(52)35(27(2)3)46-41(53)43(6)20-14-15-23-49(43)42(54)55)33(56-8)26-34(50)48-22-16-19-32(48)37(57-9)29(5)38(51)45-31(39-44-21-24-58-39)25-30-17-12-11-13-18-30/h11-13,17-18,21,24,27-29,31-33,35-37H,10,14-16,19-20,22-23,25-26H2,1-9H3,(H,45,51)(H,46,53)(H,54,55)/t28-,29+,31-,32-,33-,35-,36-,37+,43+/m0/s1. The molecule has 14 nitrogen and oxygen atoms in total. The minimum atomic E-state index is -1.30. The van der Waals surface area contributed by atoms with E-state index in [-0.39, 0.29) is 54.6 Å². The van der Waals surface area contributed by atoms with Gasteiger partial charge in [0, 0.05) is 45.9 Å². The number of amides is 5.